The zero-order valence-corrected chi connectivity index (χ0v) is 15.6. The van der Waals surface area contributed by atoms with Crippen molar-refractivity contribution in [3.63, 3.8) is 0 Å². The van der Waals surface area contributed by atoms with Crippen molar-refractivity contribution in [2.75, 3.05) is 0 Å². The van der Waals surface area contributed by atoms with E-state index in [2.05, 4.69) is 0 Å². The third-order valence-corrected chi connectivity index (χ3v) is 4.75. The summed E-state index contributed by atoms with van der Waals surface area (Å²) in [6.07, 6.45) is 2.75. The van der Waals surface area contributed by atoms with Gasteiger partial charge in [-0.15, -0.1) is 0 Å². The van der Waals surface area contributed by atoms with Crippen LogP contribution in [0.4, 0.5) is 13.2 Å². The third kappa shape index (κ3) is 4.67. The van der Waals surface area contributed by atoms with E-state index in [4.69, 9.17) is 16.0 Å². The van der Waals surface area contributed by atoms with E-state index >= 15 is 0 Å². The van der Waals surface area contributed by atoms with Crippen LogP contribution in [0.25, 0.3) is 0 Å². The number of carbonyl (C=O) groups excluding carboxylic acids is 1. The second-order valence-electron chi connectivity index (χ2n) is 6.51. The molecule has 0 bridgehead atoms. The van der Waals surface area contributed by atoms with Crippen LogP contribution in [-0.2, 0) is 24.1 Å². The number of halogens is 4. The summed E-state index contributed by atoms with van der Waals surface area (Å²) < 4.78 is 45.1. The number of hydrogen-bond acceptors (Lipinski definition) is 3. The van der Waals surface area contributed by atoms with Crippen molar-refractivity contribution in [3.8, 4) is 0 Å². The van der Waals surface area contributed by atoms with Crippen molar-refractivity contribution in [2.24, 2.45) is 0 Å². The molecule has 0 spiro atoms. The van der Waals surface area contributed by atoms with E-state index in [1.165, 1.54) is 11.2 Å². The van der Waals surface area contributed by atoms with E-state index in [0.29, 0.717) is 29.0 Å². The molecule has 3 rings (SSSR count). The monoisotopic (exact) mass is 414 g/mol. The summed E-state index contributed by atoms with van der Waals surface area (Å²) in [5.74, 6) is 0.0243. The number of aromatic nitrogens is 1. The van der Waals surface area contributed by atoms with Gasteiger partial charge in [0.2, 0.25) is 5.91 Å². The minimum absolute atomic E-state index is 0.138. The van der Waals surface area contributed by atoms with Crippen molar-refractivity contribution < 1.29 is 22.4 Å². The van der Waals surface area contributed by atoms with Gasteiger partial charge in [-0.1, -0.05) is 17.7 Å². The Labute approximate surface area is 164 Å². The number of allylic oxidation sites excluding steroid dienone is 2. The average Bonchev–Trinajstić information content (AvgIpc) is 3.16. The molecule has 1 aliphatic rings. The van der Waals surface area contributed by atoms with E-state index in [9.17, 15) is 22.8 Å². The lowest BCUT2D eigenvalue weighted by atomic mass is 10.0. The zero-order valence-electron chi connectivity index (χ0n) is 14.8. The molecule has 2 aromatic rings. The minimum atomic E-state index is -4.68. The average molecular weight is 415 g/mol. The van der Waals surface area contributed by atoms with Gasteiger partial charge in [0.25, 0.3) is 5.56 Å². The first-order chi connectivity index (χ1) is 13.3. The van der Waals surface area contributed by atoms with Gasteiger partial charge in [0.05, 0.1) is 18.4 Å². The predicted molar refractivity (Wildman–Crippen MR) is 96.5 cm³/mol. The number of amides is 1. The molecule has 0 atom stereocenters. The van der Waals surface area contributed by atoms with Gasteiger partial charge in [-0.05, 0) is 43.9 Å². The number of alkyl halides is 3. The Kier molecular flexibility index (Phi) is 5.98. The van der Waals surface area contributed by atoms with Crippen LogP contribution in [0.3, 0.4) is 0 Å². The SMILES string of the molecule is O=C(Cn1cc(C(F)(F)F)cc(Cl)c1=O)N(Cc1ccco1)C1=CCCCC1. The maximum Gasteiger partial charge on any atom is 0.417 e. The van der Waals surface area contributed by atoms with Gasteiger partial charge in [0.1, 0.15) is 17.3 Å². The first-order valence-corrected chi connectivity index (χ1v) is 9.12. The molecule has 0 aromatic carbocycles. The van der Waals surface area contributed by atoms with Gasteiger partial charge in [-0.3, -0.25) is 9.59 Å². The molecular weight excluding hydrogens is 397 g/mol. The fourth-order valence-corrected chi connectivity index (χ4v) is 3.30. The molecule has 1 amide bonds. The highest BCUT2D eigenvalue weighted by atomic mass is 35.5. The highest BCUT2D eigenvalue weighted by Gasteiger charge is 2.32. The largest absolute Gasteiger partial charge is 0.467 e. The quantitative estimate of drug-likeness (QED) is 0.718. The van der Waals surface area contributed by atoms with Gasteiger partial charge in [-0.2, -0.15) is 13.2 Å². The molecule has 0 aliphatic heterocycles. The molecule has 0 saturated heterocycles. The summed E-state index contributed by atoms with van der Waals surface area (Å²) in [5.41, 5.74) is -1.16. The molecule has 0 radical (unpaired) electrons. The number of rotatable bonds is 5. The smallest absolute Gasteiger partial charge is 0.417 e. The summed E-state index contributed by atoms with van der Waals surface area (Å²) in [4.78, 5) is 26.5. The van der Waals surface area contributed by atoms with E-state index in [0.717, 1.165) is 25.0 Å². The van der Waals surface area contributed by atoms with Crippen LogP contribution in [0.2, 0.25) is 5.02 Å². The van der Waals surface area contributed by atoms with Crippen LogP contribution in [0, 0.1) is 0 Å². The summed E-state index contributed by atoms with van der Waals surface area (Å²) >= 11 is 5.67. The van der Waals surface area contributed by atoms with Crippen LogP contribution in [-0.4, -0.2) is 15.4 Å². The van der Waals surface area contributed by atoms with Gasteiger partial charge in [-0.25, -0.2) is 0 Å². The number of furan rings is 1. The molecule has 2 aromatic heterocycles. The Balaban J connectivity index is 1.90. The van der Waals surface area contributed by atoms with Crippen molar-refractivity contribution in [1.82, 2.24) is 9.47 Å². The molecule has 0 unspecified atom stereocenters. The van der Waals surface area contributed by atoms with Crippen molar-refractivity contribution in [3.05, 3.63) is 69.1 Å². The number of nitrogens with zero attached hydrogens (tertiary/aromatic N) is 2. The Morgan fingerprint density at radius 1 is 1.32 bits per heavy atom. The second kappa shape index (κ2) is 8.26. The molecule has 0 N–H and O–H groups in total. The van der Waals surface area contributed by atoms with Gasteiger partial charge >= 0.3 is 6.18 Å². The van der Waals surface area contributed by atoms with E-state index in [1.807, 2.05) is 6.08 Å². The molecular formula is C19H18ClF3N2O3. The molecule has 28 heavy (non-hydrogen) atoms. The van der Waals surface area contributed by atoms with Gasteiger partial charge in [0.15, 0.2) is 0 Å². The molecule has 0 fully saturated rings. The summed E-state index contributed by atoms with van der Waals surface area (Å²) in [7, 11) is 0. The molecule has 1 aliphatic carbocycles. The number of pyridine rings is 1. The summed E-state index contributed by atoms with van der Waals surface area (Å²) in [6, 6.07) is 3.95. The normalized spacial score (nSPS) is 14.6. The predicted octanol–water partition coefficient (Wildman–Crippen LogP) is 4.60. The number of carbonyl (C=O) groups is 1. The standard InChI is InChI=1S/C19H18ClF3N2O3/c20-16-9-13(19(21,22)23)10-24(18(16)27)12-17(26)25(11-15-7-4-8-28-15)14-5-2-1-3-6-14/h4-5,7-10H,1-3,6,11-12H2. The van der Waals surface area contributed by atoms with E-state index in [-0.39, 0.29) is 6.54 Å². The Hall–Kier alpha value is -2.48. The van der Waals surface area contributed by atoms with Crippen LogP contribution in [0.15, 0.2) is 51.6 Å². The fourth-order valence-electron chi connectivity index (χ4n) is 3.08. The van der Waals surface area contributed by atoms with E-state index < -0.39 is 34.8 Å². The first-order valence-electron chi connectivity index (χ1n) is 8.74. The Morgan fingerprint density at radius 3 is 2.71 bits per heavy atom. The summed E-state index contributed by atoms with van der Waals surface area (Å²) in [5, 5.41) is -0.586. The van der Waals surface area contributed by atoms with Crippen molar-refractivity contribution in [2.45, 2.75) is 44.9 Å². The van der Waals surface area contributed by atoms with E-state index in [1.54, 1.807) is 12.1 Å². The lowest BCUT2D eigenvalue weighted by Crippen LogP contribution is -2.36. The van der Waals surface area contributed by atoms with Crippen molar-refractivity contribution >= 4 is 17.5 Å². The molecule has 2 heterocycles. The van der Waals surface area contributed by atoms with Crippen LogP contribution in [0.1, 0.15) is 37.0 Å². The zero-order chi connectivity index (χ0) is 20.3. The Bertz CT molecular complexity index is 933. The van der Waals surface area contributed by atoms with Gasteiger partial charge in [0, 0.05) is 11.9 Å². The van der Waals surface area contributed by atoms with Crippen LogP contribution < -0.4 is 5.56 Å². The minimum Gasteiger partial charge on any atom is -0.467 e. The molecule has 0 saturated carbocycles. The highest BCUT2D eigenvalue weighted by molar-refractivity contribution is 6.30. The van der Waals surface area contributed by atoms with Crippen molar-refractivity contribution in [1.29, 1.82) is 0 Å². The third-order valence-electron chi connectivity index (χ3n) is 4.48. The van der Waals surface area contributed by atoms with Gasteiger partial charge < -0.3 is 13.9 Å². The second-order valence-corrected chi connectivity index (χ2v) is 6.92. The lowest BCUT2D eigenvalue weighted by Gasteiger charge is -2.27. The fraction of sp³-hybridized carbons (Fsp3) is 0.368. The molecule has 150 valence electrons. The Morgan fingerprint density at radius 2 is 2.11 bits per heavy atom. The first kappa shape index (κ1) is 20.3. The number of hydrogen-bond donors (Lipinski definition) is 0. The summed E-state index contributed by atoms with van der Waals surface area (Å²) in [6.45, 7) is -0.417. The van der Waals surface area contributed by atoms with Crippen LogP contribution in [0.5, 0.6) is 0 Å². The topological polar surface area (TPSA) is 55.5 Å². The molecule has 9 heteroatoms. The maximum absolute atomic E-state index is 13.0. The lowest BCUT2D eigenvalue weighted by molar-refractivity contribution is -0.138. The highest BCUT2D eigenvalue weighted by Crippen LogP contribution is 2.30. The van der Waals surface area contributed by atoms with Crippen LogP contribution >= 0.6 is 11.6 Å². The molecule has 5 nitrogen and oxygen atoms in total. The maximum atomic E-state index is 13.0.